The maximum Gasteiger partial charge on any atom is 0.416 e. The molecule has 0 aliphatic rings. The normalized spacial score (nSPS) is 11.2. The van der Waals surface area contributed by atoms with E-state index in [9.17, 15) is 13.2 Å². The summed E-state index contributed by atoms with van der Waals surface area (Å²) in [5.41, 5.74) is -0.476. The number of ether oxygens (including phenoxy) is 1. The smallest absolute Gasteiger partial charge is 0.385 e. The zero-order chi connectivity index (χ0) is 15.0. The molecule has 1 rings (SSSR count). The topological polar surface area (TPSA) is 33.3 Å². The summed E-state index contributed by atoms with van der Waals surface area (Å²) in [6, 6.07) is 5.43. The molecule has 0 bridgehead atoms. The SMILES string of the molecule is COCCCNC(=S)NCc1ccccc1C(F)(F)F. The third-order valence-electron chi connectivity index (χ3n) is 2.57. The molecule has 0 fully saturated rings. The minimum atomic E-state index is -4.36. The molecule has 0 amide bonds. The molecular formula is C13H17F3N2OS. The molecule has 0 spiro atoms. The van der Waals surface area contributed by atoms with E-state index in [4.69, 9.17) is 17.0 Å². The molecule has 3 nitrogen and oxygen atoms in total. The average molecular weight is 306 g/mol. The van der Waals surface area contributed by atoms with Crippen LogP contribution in [0.3, 0.4) is 0 Å². The molecule has 1 aromatic carbocycles. The van der Waals surface area contributed by atoms with Crippen molar-refractivity contribution >= 4 is 17.3 Å². The van der Waals surface area contributed by atoms with Crippen LogP contribution in [-0.4, -0.2) is 25.4 Å². The highest BCUT2D eigenvalue weighted by Crippen LogP contribution is 2.31. The summed E-state index contributed by atoms with van der Waals surface area (Å²) in [6.45, 7) is 1.25. The number of methoxy groups -OCH3 is 1. The van der Waals surface area contributed by atoms with E-state index >= 15 is 0 Å². The summed E-state index contributed by atoms with van der Waals surface area (Å²) in [5.74, 6) is 0. The Balaban J connectivity index is 2.48. The van der Waals surface area contributed by atoms with Gasteiger partial charge in [-0.15, -0.1) is 0 Å². The standard InChI is InChI=1S/C13H17F3N2OS/c1-19-8-4-7-17-12(20)18-9-10-5-2-3-6-11(10)13(14,15)16/h2-3,5-6H,4,7-9H2,1H3,(H2,17,18,20). The summed E-state index contributed by atoms with van der Waals surface area (Å²) in [5, 5.41) is 6.00. The van der Waals surface area contributed by atoms with E-state index in [0.717, 1.165) is 12.5 Å². The Morgan fingerprint density at radius 2 is 1.95 bits per heavy atom. The summed E-state index contributed by atoms with van der Waals surface area (Å²) in [6.07, 6.45) is -3.58. The van der Waals surface area contributed by atoms with Crippen LogP contribution in [0.15, 0.2) is 24.3 Å². The number of alkyl halides is 3. The number of hydrogen-bond acceptors (Lipinski definition) is 2. The number of thiocarbonyl (C=S) groups is 1. The van der Waals surface area contributed by atoms with E-state index in [1.165, 1.54) is 12.1 Å². The van der Waals surface area contributed by atoms with Gasteiger partial charge in [0.1, 0.15) is 0 Å². The molecule has 20 heavy (non-hydrogen) atoms. The largest absolute Gasteiger partial charge is 0.416 e. The van der Waals surface area contributed by atoms with Crippen LogP contribution in [0, 0.1) is 0 Å². The van der Waals surface area contributed by atoms with Gasteiger partial charge in [-0.2, -0.15) is 13.2 Å². The van der Waals surface area contributed by atoms with Gasteiger partial charge in [-0.05, 0) is 30.3 Å². The molecular weight excluding hydrogens is 289 g/mol. The van der Waals surface area contributed by atoms with E-state index in [1.807, 2.05) is 0 Å². The number of benzene rings is 1. The Kier molecular flexibility index (Phi) is 6.74. The van der Waals surface area contributed by atoms with Crippen LogP contribution in [0.4, 0.5) is 13.2 Å². The second-order valence-electron chi connectivity index (χ2n) is 4.11. The first-order chi connectivity index (χ1) is 9.45. The Hall–Kier alpha value is -1.34. The highest BCUT2D eigenvalue weighted by Gasteiger charge is 2.32. The van der Waals surface area contributed by atoms with E-state index in [1.54, 1.807) is 13.2 Å². The monoisotopic (exact) mass is 306 g/mol. The molecule has 2 N–H and O–H groups in total. The van der Waals surface area contributed by atoms with Crippen molar-refractivity contribution in [2.45, 2.75) is 19.1 Å². The van der Waals surface area contributed by atoms with Crippen molar-refractivity contribution in [3.8, 4) is 0 Å². The molecule has 112 valence electrons. The van der Waals surface area contributed by atoms with Gasteiger partial charge in [-0.1, -0.05) is 18.2 Å². The quantitative estimate of drug-likeness (QED) is 0.625. The van der Waals surface area contributed by atoms with Gasteiger partial charge in [0.25, 0.3) is 0 Å². The summed E-state index contributed by atoms with van der Waals surface area (Å²) < 4.78 is 43.2. The van der Waals surface area contributed by atoms with Crippen molar-refractivity contribution in [3.05, 3.63) is 35.4 Å². The molecule has 0 saturated heterocycles. The van der Waals surface area contributed by atoms with E-state index in [-0.39, 0.29) is 12.1 Å². The third kappa shape index (κ3) is 5.75. The number of halogens is 3. The first-order valence-electron chi connectivity index (χ1n) is 6.11. The van der Waals surface area contributed by atoms with Crippen molar-refractivity contribution in [2.75, 3.05) is 20.3 Å². The fourth-order valence-corrected chi connectivity index (χ4v) is 1.78. The van der Waals surface area contributed by atoms with Gasteiger partial charge >= 0.3 is 6.18 Å². The zero-order valence-electron chi connectivity index (χ0n) is 11.1. The highest BCUT2D eigenvalue weighted by atomic mass is 32.1. The second-order valence-corrected chi connectivity index (χ2v) is 4.52. The van der Waals surface area contributed by atoms with Gasteiger partial charge in [0.15, 0.2) is 5.11 Å². The summed E-state index contributed by atoms with van der Waals surface area (Å²) in [7, 11) is 1.60. The maximum absolute atomic E-state index is 12.8. The van der Waals surface area contributed by atoms with E-state index < -0.39 is 11.7 Å². The second kappa shape index (κ2) is 8.06. The lowest BCUT2D eigenvalue weighted by atomic mass is 10.1. The van der Waals surface area contributed by atoms with E-state index in [0.29, 0.717) is 18.3 Å². The van der Waals surface area contributed by atoms with Gasteiger partial charge in [0.2, 0.25) is 0 Å². The van der Waals surface area contributed by atoms with Gasteiger partial charge in [0, 0.05) is 26.8 Å². The lowest BCUT2D eigenvalue weighted by molar-refractivity contribution is -0.138. The van der Waals surface area contributed by atoms with Gasteiger partial charge < -0.3 is 15.4 Å². The summed E-state index contributed by atoms with van der Waals surface area (Å²) >= 11 is 5.00. The first-order valence-corrected chi connectivity index (χ1v) is 6.51. The Morgan fingerprint density at radius 1 is 1.25 bits per heavy atom. The van der Waals surface area contributed by atoms with Crippen LogP contribution in [-0.2, 0) is 17.5 Å². The Labute approximate surface area is 121 Å². The number of rotatable bonds is 6. The van der Waals surface area contributed by atoms with Crippen LogP contribution in [0.25, 0.3) is 0 Å². The molecule has 0 heterocycles. The first kappa shape index (κ1) is 16.7. The van der Waals surface area contributed by atoms with E-state index in [2.05, 4.69) is 10.6 Å². The maximum atomic E-state index is 12.8. The minimum Gasteiger partial charge on any atom is -0.385 e. The fraction of sp³-hybridized carbons (Fsp3) is 0.462. The Morgan fingerprint density at radius 3 is 2.60 bits per heavy atom. The van der Waals surface area contributed by atoms with Crippen molar-refractivity contribution < 1.29 is 17.9 Å². The predicted octanol–water partition coefficient (Wildman–Crippen LogP) is 2.71. The van der Waals surface area contributed by atoms with Crippen molar-refractivity contribution in [3.63, 3.8) is 0 Å². The van der Waals surface area contributed by atoms with Crippen LogP contribution in [0.1, 0.15) is 17.5 Å². The van der Waals surface area contributed by atoms with Crippen LogP contribution in [0.2, 0.25) is 0 Å². The third-order valence-corrected chi connectivity index (χ3v) is 2.86. The number of nitrogens with one attached hydrogen (secondary N) is 2. The predicted molar refractivity (Wildman–Crippen MR) is 75.4 cm³/mol. The average Bonchev–Trinajstić information content (AvgIpc) is 2.40. The molecule has 0 atom stereocenters. The van der Waals surface area contributed by atoms with Crippen LogP contribution in [0.5, 0.6) is 0 Å². The lowest BCUT2D eigenvalue weighted by Gasteiger charge is -2.14. The molecule has 0 aliphatic heterocycles. The lowest BCUT2D eigenvalue weighted by Crippen LogP contribution is -2.36. The Bertz CT molecular complexity index is 438. The molecule has 0 aromatic heterocycles. The molecule has 0 unspecified atom stereocenters. The summed E-state index contributed by atoms with van der Waals surface area (Å²) in [4.78, 5) is 0. The molecule has 0 radical (unpaired) electrons. The van der Waals surface area contributed by atoms with Gasteiger partial charge in [-0.3, -0.25) is 0 Å². The van der Waals surface area contributed by atoms with Crippen molar-refractivity contribution in [2.24, 2.45) is 0 Å². The fourth-order valence-electron chi connectivity index (χ4n) is 1.61. The zero-order valence-corrected chi connectivity index (χ0v) is 11.9. The number of hydrogen-bond donors (Lipinski definition) is 2. The van der Waals surface area contributed by atoms with Crippen LogP contribution >= 0.6 is 12.2 Å². The molecule has 7 heteroatoms. The highest BCUT2D eigenvalue weighted by molar-refractivity contribution is 7.80. The molecule has 0 aliphatic carbocycles. The molecule has 0 saturated carbocycles. The van der Waals surface area contributed by atoms with Gasteiger partial charge in [0.05, 0.1) is 5.56 Å². The molecule has 1 aromatic rings. The van der Waals surface area contributed by atoms with Crippen LogP contribution < -0.4 is 10.6 Å². The van der Waals surface area contributed by atoms with Gasteiger partial charge in [-0.25, -0.2) is 0 Å². The van der Waals surface area contributed by atoms with Crippen molar-refractivity contribution in [1.29, 1.82) is 0 Å². The minimum absolute atomic E-state index is 0.0335. The van der Waals surface area contributed by atoms with Crippen molar-refractivity contribution in [1.82, 2.24) is 10.6 Å².